The van der Waals surface area contributed by atoms with Gasteiger partial charge in [-0.2, -0.15) is 5.10 Å². The Hall–Kier alpha value is -4.35. The Bertz CT molecular complexity index is 1340. The van der Waals surface area contributed by atoms with Gasteiger partial charge in [-0.1, -0.05) is 129 Å². The quantitative estimate of drug-likeness (QED) is 0.0700. The van der Waals surface area contributed by atoms with E-state index in [0.717, 1.165) is 68.5 Å². The van der Waals surface area contributed by atoms with Crippen molar-refractivity contribution in [1.29, 1.82) is 0 Å². The molecule has 1 aliphatic rings. The first-order valence-electron chi connectivity index (χ1n) is 15.0. The summed E-state index contributed by atoms with van der Waals surface area (Å²) in [7, 11) is 0. The van der Waals surface area contributed by atoms with Crippen molar-refractivity contribution in [1.82, 2.24) is 5.01 Å². The summed E-state index contributed by atoms with van der Waals surface area (Å²) in [5.74, 6) is 0. The normalized spacial score (nSPS) is 13.5. The summed E-state index contributed by atoms with van der Waals surface area (Å²) in [6.45, 7) is 15.4. The van der Waals surface area contributed by atoms with Crippen molar-refractivity contribution >= 4 is 11.3 Å². The zero-order valence-corrected chi connectivity index (χ0v) is 25.9. The fourth-order valence-corrected chi connectivity index (χ4v) is 4.79. The molecule has 0 radical (unpaired) electrons. The van der Waals surface area contributed by atoms with Gasteiger partial charge in [-0.05, 0) is 61.8 Å². The minimum absolute atomic E-state index is 0.812. The molecule has 0 heterocycles. The molecular weight excluding hydrogens is 508 g/mol. The van der Waals surface area contributed by atoms with Gasteiger partial charge in [0, 0.05) is 30.7 Å². The van der Waals surface area contributed by atoms with E-state index in [9.17, 15) is 0 Å². The van der Waals surface area contributed by atoms with Crippen molar-refractivity contribution in [2.75, 3.05) is 6.54 Å². The van der Waals surface area contributed by atoms with Crippen LogP contribution in [-0.2, 0) is 12.8 Å². The average molecular weight is 557 g/mol. The smallest absolute Gasteiger partial charge is 0.0629 e. The van der Waals surface area contributed by atoms with Crippen LogP contribution in [0.1, 0.15) is 69.6 Å². The van der Waals surface area contributed by atoms with Crippen LogP contribution in [0, 0.1) is 12.8 Å². The van der Waals surface area contributed by atoms with Crippen molar-refractivity contribution in [2.24, 2.45) is 5.10 Å². The molecule has 0 atom stereocenters. The van der Waals surface area contributed by atoms with E-state index in [2.05, 4.69) is 149 Å². The van der Waals surface area contributed by atoms with Crippen molar-refractivity contribution < 1.29 is 0 Å². The lowest BCUT2D eigenvalue weighted by molar-refractivity contribution is 0.367. The van der Waals surface area contributed by atoms with E-state index >= 15 is 0 Å². The lowest BCUT2D eigenvalue weighted by atomic mass is 9.97. The van der Waals surface area contributed by atoms with Crippen molar-refractivity contribution in [2.45, 2.75) is 65.7 Å². The van der Waals surface area contributed by atoms with E-state index < -0.39 is 0 Å². The maximum atomic E-state index is 5.41. The predicted octanol–water partition coefficient (Wildman–Crippen LogP) is 10.5. The largest absolute Gasteiger partial charge is 0.265 e. The molecule has 218 valence electrons. The number of nitrogens with zero attached hydrogens (tertiary/aromatic N) is 2. The second kappa shape index (κ2) is 19.7. The third-order valence-electron chi connectivity index (χ3n) is 6.89. The van der Waals surface area contributed by atoms with Gasteiger partial charge in [0.05, 0.1) is 5.70 Å². The number of benzene rings is 2. The molecule has 0 fully saturated rings. The molecule has 2 heteroatoms. The van der Waals surface area contributed by atoms with Gasteiger partial charge < -0.3 is 0 Å². The first kappa shape index (κ1) is 33.9. The van der Waals surface area contributed by atoms with Crippen molar-refractivity contribution in [3.05, 3.63) is 150 Å². The van der Waals surface area contributed by atoms with Crippen LogP contribution in [0.15, 0.2) is 138 Å². The fraction of sp³-hybridized carbons (Fsp3) is 0.275. The molecule has 1 aliphatic carbocycles. The lowest BCUT2D eigenvalue weighted by Crippen LogP contribution is -2.23. The van der Waals surface area contributed by atoms with Gasteiger partial charge in [-0.15, -0.1) is 19.4 Å². The highest BCUT2D eigenvalue weighted by Gasteiger charge is 2.17. The van der Waals surface area contributed by atoms with E-state index in [0.29, 0.717) is 0 Å². The van der Waals surface area contributed by atoms with Crippen LogP contribution in [0.25, 0.3) is 5.57 Å². The molecule has 0 spiro atoms. The highest BCUT2D eigenvalue weighted by atomic mass is 15.5. The topological polar surface area (TPSA) is 15.6 Å². The third kappa shape index (κ3) is 11.6. The Morgan fingerprint density at radius 3 is 2.48 bits per heavy atom. The number of unbranched alkanes of at least 4 members (excludes halogenated alkanes) is 1. The molecule has 0 aromatic heterocycles. The summed E-state index contributed by atoms with van der Waals surface area (Å²) in [5.41, 5.74) is 9.69. The van der Waals surface area contributed by atoms with E-state index in [1.165, 1.54) is 27.8 Å². The van der Waals surface area contributed by atoms with Crippen LogP contribution >= 0.6 is 0 Å². The van der Waals surface area contributed by atoms with Crippen LogP contribution < -0.4 is 0 Å². The molecule has 42 heavy (non-hydrogen) atoms. The van der Waals surface area contributed by atoms with Crippen LogP contribution in [0.4, 0.5) is 0 Å². The van der Waals surface area contributed by atoms with Gasteiger partial charge in [-0.25, -0.2) is 0 Å². The number of hydrogen-bond donors (Lipinski definition) is 0. The molecule has 2 aromatic carbocycles. The maximum Gasteiger partial charge on any atom is 0.0629 e. The van der Waals surface area contributed by atoms with Gasteiger partial charge in [0.2, 0.25) is 0 Å². The van der Waals surface area contributed by atoms with E-state index in [-0.39, 0.29) is 0 Å². The first-order chi connectivity index (χ1) is 20.5. The zero-order chi connectivity index (χ0) is 30.6. The van der Waals surface area contributed by atoms with Gasteiger partial charge in [0.15, 0.2) is 0 Å². The zero-order valence-electron chi connectivity index (χ0n) is 25.9. The summed E-state index contributed by atoms with van der Waals surface area (Å²) in [4.78, 5) is 0. The van der Waals surface area contributed by atoms with Crippen LogP contribution in [0.2, 0.25) is 0 Å². The lowest BCUT2D eigenvalue weighted by Gasteiger charge is -2.26. The van der Waals surface area contributed by atoms with Gasteiger partial charge in [0.1, 0.15) is 0 Å². The molecule has 0 saturated heterocycles. The number of hydrazone groups is 1. The highest BCUT2D eigenvalue weighted by molar-refractivity contribution is 5.89. The SMILES string of the molecule is C#C.C=C/C=C(\C(=C/C)N(CCCC)/N=C(\CC1=CC=CCC=C1)Cc1ccccc1)c1cccc(CCC(=C)C)c1. The Morgan fingerprint density at radius 1 is 1.02 bits per heavy atom. The second-order valence-corrected chi connectivity index (χ2v) is 10.4. The summed E-state index contributed by atoms with van der Waals surface area (Å²) in [5, 5.41) is 7.64. The van der Waals surface area contributed by atoms with Gasteiger partial charge >= 0.3 is 0 Å². The molecule has 0 saturated carbocycles. The van der Waals surface area contributed by atoms with Crippen molar-refractivity contribution in [3.63, 3.8) is 0 Å². The molecule has 0 amide bonds. The number of aryl methyl sites for hydroxylation is 1. The predicted molar refractivity (Wildman–Crippen MR) is 186 cm³/mol. The number of allylic oxidation sites excluding steroid dienone is 11. The van der Waals surface area contributed by atoms with Crippen molar-refractivity contribution in [3.8, 4) is 12.8 Å². The van der Waals surface area contributed by atoms with E-state index in [1.807, 2.05) is 6.08 Å². The van der Waals surface area contributed by atoms with Crippen LogP contribution in [0.5, 0.6) is 0 Å². The van der Waals surface area contributed by atoms with E-state index in [1.54, 1.807) is 0 Å². The molecule has 0 N–H and O–H groups in total. The number of terminal acetylenes is 1. The fourth-order valence-electron chi connectivity index (χ4n) is 4.79. The Labute approximate surface area is 256 Å². The molecular formula is C40H48N2. The molecule has 2 aromatic rings. The molecule has 0 unspecified atom stereocenters. The van der Waals surface area contributed by atoms with Crippen LogP contribution in [-0.4, -0.2) is 17.3 Å². The monoisotopic (exact) mass is 556 g/mol. The summed E-state index contributed by atoms with van der Waals surface area (Å²) < 4.78 is 0. The molecule has 2 nitrogen and oxygen atoms in total. The third-order valence-corrected chi connectivity index (χ3v) is 6.89. The summed E-state index contributed by atoms with van der Waals surface area (Å²) >= 11 is 0. The van der Waals surface area contributed by atoms with Gasteiger partial charge in [0.25, 0.3) is 0 Å². The number of hydrogen-bond acceptors (Lipinski definition) is 2. The summed E-state index contributed by atoms with van der Waals surface area (Å²) in [6.07, 6.45) is 32.0. The first-order valence-corrected chi connectivity index (χ1v) is 15.0. The Morgan fingerprint density at radius 2 is 1.79 bits per heavy atom. The molecule has 0 aliphatic heterocycles. The average Bonchev–Trinajstić information content (AvgIpc) is 3.29. The van der Waals surface area contributed by atoms with Crippen LogP contribution in [0.3, 0.4) is 0 Å². The number of rotatable bonds is 15. The second-order valence-electron chi connectivity index (χ2n) is 10.4. The van der Waals surface area contributed by atoms with E-state index in [4.69, 9.17) is 5.10 Å². The Kier molecular flexibility index (Phi) is 15.9. The van der Waals surface area contributed by atoms with Gasteiger partial charge in [-0.3, -0.25) is 5.01 Å². The molecule has 3 rings (SSSR count). The minimum Gasteiger partial charge on any atom is -0.265 e. The standard InChI is InChI=1S/C38H46N2.C2H2/c1-6-9-27-40(38(8-3)37(18-7-2)35-24-17-23-34(28-35)26-25-31(4)5)39-36(30-33-21-15-12-16-22-33)29-32-19-13-10-11-14-20-32;1-2/h7-8,10,12-24,28H,2,4,6,9,11,25-27,29-30H2,1,3,5H3;1-2H/b37-18-,38-8+,39-36+;. The summed E-state index contributed by atoms with van der Waals surface area (Å²) in [6, 6.07) is 19.6. The molecule has 0 bridgehead atoms. The minimum atomic E-state index is 0.812. The highest BCUT2D eigenvalue weighted by Crippen LogP contribution is 2.29. The maximum absolute atomic E-state index is 5.41. The Balaban J connectivity index is 0.00000301.